The summed E-state index contributed by atoms with van der Waals surface area (Å²) in [6.45, 7) is 10.7. The van der Waals surface area contributed by atoms with Crippen LogP contribution >= 0.6 is 0 Å². The van der Waals surface area contributed by atoms with Gasteiger partial charge in [-0.25, -0.2) is 0 Å². The first-order chi connectivity index (χ1) is 8.88. The maximum absolute atomic E-state index is 11.5. The van der Waals surface area contributed by atoms with Crippen LogP contribution in [0.2, 0.25) is 0 Å². The number of aromatic nitrogens is 3. The lowest BCUT2D eigenvalue weighted by Crippen LogP contribution is -2.30. The minimum absolute atomic E-state index is 0.0420. The molecule has 108 valence electrons. The SMILES string of the molecule is CC(C)NC(=O)CCn1cc(C(C)NC(C)C)nn1. The molecular weight excluding hydrogens is 242 g/mol. The van der Waals surface area contributed by atoms with E-state index < -0.39 is 0 Å². The fourth-order valence-electron chi connectivity index (χ4n) is 1.82. The van der Waals surface area contributed by atoms with Crippen molar-refractivity contribution >= 4 is 5.91 Å². The molecule has 1 rings (SSSR count). The summed E-state index contributed by atoms with van der Waals surface area (Å²) in [7, 11) is 0. The van der Waals surface area contributed by atoms with E-state index in [1.165, 1.54) is 0 Å². The van der Waals surface area contributed by atoms with Crippen molar-refractivity contribution in [3.63, 3.8) is 0 Å². The number of hydrogen-bond acceptors (Lipinski definition) is 4. The van der Waals surface area contributed by atoms with Gasteiger partial charge in [0.1, 0.15) is 0 Å². The van der Waals surface area contributed by atoms with Crippen LogP contribution < -0.4 is 10.6 Å². The Kier molecular flexibility index (Phi) is 5.95. The molecule has 0 radical (unpaired) electrons. The summed E-state index contributed by atoms with van der Waals surface area (Å²) >= 11 is 0. The maximum Gasteiger partial charge on any atom is 0.222 e. The van der Waals surface area contributed by atoms with E-state index in [1.54, 1.807) is 4.68 Å². The highest BCUT2D eigenvalue weighted by Gasteiger charge is 2.11. The number of nitrogens with zero attached hydrogens (tertiary/aromatic N) is 3. The number of rotatable bonds is 7. The molecule has 1 unspecified atom stereocenters. The van der Waals surface area contributed by atoms with Gasteiger partial charge in [0.25, 0.3) is 0 Å². The van der Waals surface area contributed by atoms with Gasteiger partial charge in [0, 0.05) is 18.5 Å². The molecule has 0 aliphatic rings. The molecule has 6 heteroatoms. The van der Waals surface area contributed by atoms with Crippen LogP contribution in [0, 0.1) is 0 Å². The molecule has 0 spiro atoms. The molecule has 0 fully saturated rings. The molecule has 0 aliphatic heterocycles. The van der Waals surface area contributed by atoms with Crippen molar-refractivity contribution in [2.24, 2.45) is 0 Å². The zero-order valence-corrected chi connectivity index (χ0v) is 12.5. The van der Waals surface area contributed by atoms with Crippen molar-refractivity contribution < 1.29 is 4.79 Å². The monoisotopic (exact) mass is 267 g/mol. The fourth-order valence-corrected chi connectivity index (χ4v) is 1.82. The molecule has 1 heterocycles. The second-order valence-electron chi connectivity index (χ2n) is 5.42. The van der Waals surface area contributed by atoms with Gasteiger partial charge in [-0.3, -0.25) is 9.48 Å². The molecule has 0 saturated carbocycles. The molecule has 0 bridgehead atoms. The van der Waals surface area contributed by atoms with E-state index in [-0.39, 0.29) is 18.0 Å². The van der Waals surface area contributed by atoms with Crippen molar-refractivity contribution in [1.82, 2.24) is 25.6 Å². The van der Waals surface area contributed by atoms with Crippen LogP contribution in [-0.2, 0) is 11.3 Å². The Morgan fingerprint density at radius 3 is 2.53 bits per heavy atom. The van der Waals surface area contributed by atoms with Crippen LogP contribution in [0.5, 0.6) is 0 Å². The number of amides is 1. The van der Waals surface area contributed by atoms with E-state index in [9.17, 15) is 4.79 Å². The average molecular weight is 267 g/mol. The first-order valence-electron chi connectivity index (χ1n) is 6.84. The minimum Gasteiger partial charge on any atom is -0.354 e. The summed E-state index contributed by atoms with van der Waals surface area (Å²) in [5.41, 5.74) is 0.901. The van der Waals surface area contributed by atoms with Gasteiger partial charge in [0.05, 0.1) is 24.5 Å². The summed E-state index contributed by atoms with van der Waals surface area (Å²) in [6, 6.07) is 0.740. The van der Waals surface area contributed by atoms with Gasteiger partial charge < -0.3 is 10.6 Å². The lowest BCUT2D eigenvalue weighted by Gasteiger charge is -2.13. The van der Waals surface area contributed by atoms with Gasteiger partial charge in [-0.05, 0) is 20.8 Å². The van der Waals surface area contributed by atoms with E-state index in [0.29, 0.717) is 19.0 Å². The predicted molar refractivity (Wildman–Crippen MR) is 74.6 cm³/mol. The molecule has 0 aromatic carbocycles. The normalized spacial score (nSPS) is 13.0. The highest BCUT2D eigenvalue weighted by molar-refractivity contribution is 5.76. The molecule has 0 saturated heterocycles. The Bertz CT molecular complexity index is 399. The van der Waals surface area contributed by atoms with E-state index in [0.717, 1.165) is 5.69 Å². The Morgan fingerprint density at radius 1 is 1.26 bits per heavy atom. The summed E-state index contributed by atoms with van der Waals surface area (Å²) < 4.78 is 1.72. The zero-order chi connectivity index (χ0) is 14.4. The Morgan fingerprint density at radius 2 is 1.95 bits per heavy atom. The lowest BCUT2D eigenvalue weighted by atomic mass is 10.2. The fraction of sp³-hybridized carbons (Fsp3) is 0.769. The van der Waals surface area contributed by atoms with Gasteiger partial charge in [0.2, 0.25) is 5.91 Å². The number of nitrogens with one attached hydrogen (secondary N) is 2. The second-order valence-corrected chi connectivity index (χ2v) is 5.42. The number of aryl methyl sites for hydroxylation is 1. The second kappa shape index (κ2) is 7.23. The summed E-state index contributed by atoms with van der Waals surface area (Å²) in [5, 5.41) is 14.4. The minimum atomic E-state index is 0.0420. The van der Waals surface area contributed by atoms with E-state index in [4.69, 9.17) is 0 Å². The van der Waals surface area contributed by atoms with E-state index in [1.807, 2.05) is 20.0 Å². The van der Waals surface area contributed by atoms with Crippen LogP contribution in [0.25, 0.3) is 0 Å². The molecular formula is C13H25N5O. The van der Waals surface area contributed by atoms with Gasteiger partial charge in [-0.1, -0.05) is 19.1 Å². The number of hydrogen-bond donors (Lipinski definition) is 2. The third-order valence-electron chi connectivity index (χ3n) is 2.60. The molecule has 1 aromatic rings. The molecule has 19 heavy (non-hydrogen) atoms. The van der Waals surface area contributed by atoms with Crippen molar-refractivity contribution in [3.05, 3.63) is 11.9 Å². The highest BCUT2D eigenvalue weighted by Crippen LogP contribution is 2.08. The van der Waals surface area contributed by atoms with Crippen LogP contribution in [0.4, 0.5) is 0 Å². The lowest BCUT2D eigenvalue weighted by molar-refractivity contribution is -0.121. The standard InChI is InChI=1S/C13H25N5O/c1-9(2)14-11(5)12-8-18(17-16-12)7-6-13(19)15-10(3)4/h8-11,14H,6-7H2,1-5H3,(H,15,19). The van der Waals surface area contributed by atoms with Gasteiger partial charge >= 0.3 is 0 Å². The molecule has 6 nitrogen and oxygen atoms in total. The molecule has 0 aliphatic carbocycles. The van der Waals surface area contributed by atoms with Crippen LogP contribution in [0.15, 0.2) is 6.20 Å². The Labute approximate surface area is 115 Å². The Hall–Kier alpha value is -1.43. The van der Waals surface area contributed by atoms with Crippen molar-refractivity contribution in [2.75, 3.05) is 0 Å². The third kappa shape index (κ3) is 5.83. The maximum atomic E-state index is 11.5. The van der Waals surface area contributed by atoms with Crippen molar-refractivity contribution in [2.45, 2.75) is 65.7 Å². The zero-order valence-electron chi connectivity index (χ0n) is 12.5. The number of carbonyl (C=O) groups excluding carboxylic acids is 1. The van der Waals surface area contributed by atoms with E-state index >= 15 is 0 Å². The highest BCUT2D eigenvalue weighted by atomic mass is 16.1. The first kappa shape index (κ1) is 15.6. The van der Waals surface area contributed by atoms with Crippen LogP contribution in [0.3, 0.4) is 0 Å². The first-order valence-corrected chi connectivity index (χ1v) is 6.84. The number of carbonyl (C=O) groups is 1. The van der Waals surface area contributed by atoms with Crippen LogP contribution in [0.1, 0.15) is 52.8 Å². The summed E-state index contributed by atoms with van der Waals surface area (Å²) in [5.74, 6) is 0.0420. The topological polar surface area (TPSA) is 71.8 Å². The third-order valence-corrected chi connectivity index (χ3v) is 2.60. The van der Waals surface area contributed by atoms with Crippen LogP contribution in [-0.4, -0.2) is 33.0 Å². The molecule has 1 aromatic heterocycles. The van der Waals surface area contributed by atoms with Gasteiger partial charge in [0.15, 0.2) is 0 Å². The Balaban J connectivity index is 2.44. The van der Waals surface area contributed by atoms with Gasteiger partial charge in [-0.15, -0.1) is 5.10 Å². The predicted octanol–water partition coefficient (Wildman–Crippen LogP) is 1.25. The quantitative estimate of drug-likeness (QED) is 0.780. The largest absolute Gasteiger partial charge is 0.354 e. The molecule has 2 N–H and O–H groups in total. The molecule has 1 atom stereocenters. The smallest absolute Gasteiger partial charge is 0.222 e. The van der Waals surface area contributed by atoms with Crippen molar-refractivity contribution in [1.29, 1.82) is 0 Å². The van der Waals surface area contributed by atoms with E-state index in [2.05, 4.69) is 41.7 Å². The summed E-state index contributed by atoms with van der Waals surface area (Å²) in [4.78, 5) is 11.5. The summed E-state index contributed by atoms with van der Waals surface area (Å²) in [6.07, 6.45) is 2.32. The van der Waals surface area contributed by atoms with Gasteiger partial charge in [-0.2, -0.15) is 0 Å². The average Bonchev–Trinajstić information content (AvgIpc) is 2.73. The van der Waals surface area contributed by atoms with Crippen molar-refractivity contribution in [3.8, 4) is 0 Å². The molecule has 1 amide bonds.